The van der Waals surface area contributed by atoms with Crippen LogP contribution in [0.1, 0.15) is 38.0 Å². The van der Waals surface area contributed by atoms with Gasteiger partial charge in [-0.25, -0.2) is 8.78 Å². The first-order valence-electron chi connectivity index (χ1n) is 9.46. The van der Waals surface area contributed by atoms with Crippen molar-refractivity contribution in [3.63, 3.8) is 0 Å². The van der Waals surface area contributed by atoms with Gasteiger partial charge in [-0.1, -0.05) is 44.0 Å². The molecule has 28 heavy (non-hydrogen) atoms. The van der Waals surface area contributed by atoms with Gasteiger partial charge in [0.15, 0.2) is 13.5 Å². The maximum absolute atomic E-state index is 13.4. The van der Waals surface area contributed by atoms with E-state index in [1.807, 2.05) is 0 Å². The Morgan fingerprint density at radius 3 is 2.14 bits per heavy atom. The maximum atomic E-state index is 13.4. The first-order valence-corrected chi connectivity index (χ1v) is 12.7. The van der Waals surface area contributed by atoms with Gasteiger partial charge in [-0.15, -0.1) is 0 Å². The summed E-state index contributed by atoms with van der Waals surface area (Å²) in [4.78, 5) is 0. The molecular formula is C19H27Cl2F2N3OSi. The summed E-state index contributed by atoms with van der Waals surface area (Å²) in [6.07, 6.45) is -0.390. The van der Waals surface area contributed by atoms with Gasteiger partial charge in [-0.2, -0.15) is 5.10 Å². The molecule has 0 radical (unpaired) electrons. The van der Waals surface area contributed by atoms with Gasteiger partial charge in [0.25, 0.3) is 0 Å². The molecule has 0 amide bonds. The van der Waals surface area contributed by atoms with Crippen LogP contribution in [0.3, 0.4) is 0 Å². The Kier molecular flexibility index (Phi) is 8.45. The SMILES string of the molecule is CC[Si](CC)(CC)OC(CNCc1cc(F)cc(F)c1)c1c(Cl)nn(C)c1Cl. The molecule has 0 aliphatic carbocycles. The molecular weight excluding hydrogens is 423 g/mol. The molecule has 2 rings (SSSR count). The number of aromatic nitrogens is 2. The highest BCUT2D eigenvalue weighted by atomic mass is 35.5. The molecule has 1 unspecified atom stereocenters. The van der Waals surface area contributed by atoms with Crippen LogP contribution in [0.15, 0.2) is 18.2 Å². The maximum Gasteiger partial charge on any atom is 0.192 e. The highest BCUT2D eigenvalue weighted by Gasteiger charge is 2.35. The van der Waals surface area contributed by atoms with Crippen molar-refractivity contribution in [1.82, 2.24) is 15.1 Å². The third-order valence-electron chi connectivity index (χ3n) is 5.19. The average Bonchev–Trinajstić information content (AvgIpc) is 2.90. The van der Waals surface area contributed by atoms with Crippen LogP contribution >= 0.6 is 23.2 Å². The molecule has 1 N–H and O–H groups in total. The Bertz CT molecular complexity index is 771. The molecule has 1 atom stereocenters. The van der Waals surface area contributed by atoms with Crippen molar-refractivity contribution in [1.29, 1.82) is 0 Å². The van der Waals surface area contributed by atoms with Gasteiger partial charge in [-0.3, -0.25) is 4.68 Å². The molecule has 2 aromatic rings. The Morgan fingerprint density at radius 2 is 1.68 bits per heavy atom. The summed E-state index contributed by atoms with van der Waals surface area (Å²) < 4.78 is 35.0. The van der Waals surface area contributed by atoms with Crippen LogP contribution in [0.25, 0.3) is 0 Å². The van der Waals surface area contributed by atoms with Crippen molar-refractivity contribution in [2.75, 3.05) is 6.54 Å². The summed E-state index contributed by atoms with van der Waals surface area (Å²) >= 11 is 12.8. The standard InChI is InChI=1S/C19H27Cl2F2N3OSi/c1-5-28(6-2,7-3)27-16(17-18(20)25-26(4)19(17)21)12-24-11-13-8-14(22)10-15(23)9-13/h8-10,16,24H,5-7,11-12H2,1-4H3. The normalized spacial score (nSPS) is 13.1. The predicted molar refractivity (Wildman–Crippen MR) is 112 cm³/mol. The first kappa shape index (κ1) is 23.3. The van der Waals surface area contributed by atoms with E-state index in [9.17, 15) is 8.78 Å². The lowest BCUT2D eigenvalue weighted by atomic mass is 10.2. The smallest absolute Gasteiger partial charge is 0.192 e. The van der Waals surface area contributed by atoms with E-state index in [0.29, 0.717) is 34.5 Å². The Labute approximate surface area is 176 Å². The summed E-state index contributed by atoms with van der Waals surface area (Å²) in [6.45, 7) is 7.13. The predicted octanol–water partition coefficient (Wildman–Crippen LogP) is 5.86. The molecule has 9 heteroatoms. The number of hydrogen-bond acceptors (Lipinski definition) is 3. The zero-order valence-corrected chi connectivity index (χ0v) is 19.2. The molecule has 0 aliphatic rings. The summed E-state index contributed by atoms with van der Waals surface area (Å²) in [5.41, 5.74) is 1.17. The molecule has 0 saturated heterocycles. The van der Waals surface area contributed by atoms with Gasteiger partial charge in [0.05, 0.1) is 11.7 Å². The van der Waals surface area contributed by atoms with Crippen molar-refractivity contribution >= 4 is 31.5 Å². The van der Waals surface area contributed by atoms with Gasteiger partial charge >= 0.3 is 0 Å². The van der Waals surface area contributed by atoms with Crippen molar-refractivity contribution in [2.45, 2.75) is 51.6 Å². The van der Waals surface area contributed by atoms with Crippen LogP contribution < -0.4 is 5.32 Å². The van der Waals surface area contributed by atoms with E-state index in [4.69, 9.17) is 27.6 Å². The summed E-state index contributed by atoms with van der Waals surface area (Å²) in [5, 5.41) is 8.15. The third kappa shape index (κ3) is 5.54. The van der Waals surface area contributed by atoms with Crippen molar-refractivity contribution < 1.29 is 13.2 Å². The highest BCUT2D eigenvalue weighted by molar-refractivity contribution is 6.73. The number of halogens is 4. The summed E-state index contributed by atoms with van der Waals surface area (Å²) in [6, 6.07) is 6.38. The van der Waals surface area contributed by atoms with E-state index in [1.54, 1.807) is 7.05 Å². The second kappa shape index (κ2) is 10.2. The van der Waals surface area contributed by atoms with Gasteiger partial charge in [0.1, 0.15) is 16.8 Å². The number of aryl methyl sites for hydroxylation is 1. The number of hydrogen-bond donors (Lipinski definition) is 1. The fourth-order valence-electron chi connectivity index (χ4n) is 3.32. The zero-order chi connectivity index (χ0) is 20.9. The van der Waals surface area contributed by atoms with E-state index in [0.717, 1.165) is 24.2 Å². The molecule has 4 nitrogen and oxygen atoms in total. The quantitative estimate of drug-likeness (QED) is 0.461. The monoisotopic (exact) mass is 449 g/mol. The Balaban J connectivity index is 2.23. The van der Waals surface area contributed by atoms with Crippen LogP contribution in [-0.2, 0) is 18.0 Å². The summed E-state index contributed by atoms with van der Waals surface area (Å²) in [7, 11) is -0.237. The molecule has 1 aromatic carbocycles. The van der Waals surface area contributed by atoms with Crippen molar-refractivity contribution in [3.8, 4) is 0 Å². The van der Waals surface area contributed by atoms with E-state index in [1.165, 1.54) is 16.8 Å². The Hall–Kier alpha value is -0.993. The van der Waals surface area contributed by atoms with Gasteiger partial charge in [-0.05, 0) is 35.8 Å². The first-order chi connectivity index (χ1) is 13.2. The molecule has 0 aliphatic heterocycles. The van der Waals surface area contributed by atoms with Crippen molar-refractivity contribution in [2.24, 2.45) is 7.05 Å². The van der Waals surface area contributed by atoms with E-state index >= 15 is 0 Å². The lowest BCUT2D eigenvalue weighted by molar-refractivity contribution is 0.186. The van der Waals surface area contributed by atoms with Crippen LogP contribution in [-0.4, -0.2) is 24.6 Å². The number of nitrogens with zero attached hydrogens (tertiary/aromatic N) is 2. The minimum Gasteiger partial charge on any atom is -0.408 e. The van der Waals surface area contributed by atoms with Crippen LogP contribution in [0, 0.1) is 11.6 Å². The number of benzene rings is 1. The fraction of sp³-hybridized carbons (Fsp3) is 0.526. The molecule has 0 fully saturated rings. The van der Waals surface area contributed by atoms with E-state index in [2.05, 4.69) is 31.2 Å². The molecule has 0 bridgehead atoms. The average molecular weight is 450 g/mol. The second-order valence-electron chi connectivity index (χ2n) is 6.88. The molecule has 0 saturated carbocycles. The van der Waals surface area contributed by atoms with Crippen molar-refractivity contribution in [3.05, 3.63) is 51.3 Å². The van der Waals surface area contributed by atoms with Gasteiger partial charge in [0, 0.05) is 26.2 Å². The number of nitrogens with one attached hydrogen (secondary N) is 1. The van der Waals surface area contributed by atoms with Crippen LogP contribution in [0.5, 0.6) is 0 Å². The minimum absolute atomic E-state index is 0.295. The highest BCUT2D eigenvalue weighted by Crippen LogP contribution is 2.36. The van der Waals surface area contributed by atoms with Gasteiger partial charge in [0.2, 0.25) is 0 Å². The molecule has 0 spiro atoms. The van der Waals surface area contributed by atoms with E-state index in [-0.39, 0.29) is 0 Å². The molecule has 156 valence electrons. The van der Waals surface area contributed by atoms with Crippen LogP contribution in [0.2, 0.25) is 28.4 Å². The van der Waals surface area contributed by atoms with Gasteiger partial charge < -0.3 is 9.74 Å². The molecule has 1 heterocycles. The lowest BCUT2D eigenvalue weighted by Gasteiger charge is -2.33. The Morgan fingerprint density at radius 1 is 1.11 bits per heavy atom. The third-order valence-corrected chi connectivity index (χ3v) is 10.6. The largest absolute Gasteiger partial charge is 0.408 e. The number of rotatable bonds is 10. The second-order valence-corrected chi connectivity index (χ2v) is 12.3. The van der Waals surface area contributed by atoms with Crippen LogP contribution in [0.4, 0.5) is 8.78 Å². The zero-order valence-electron chi connectivity index (χ0n) is 16.7. The fourth-order valence-corrected chi connectivity index (χ4v) is 6.75. The molecule has 1 aromatic heterocycles. The minimum atomic E-state index is -1.96. The topological polar surface area (TPSA) is 39.1 Å². The lowest BCUT2D eigenvalue weighted by Crippen LogP contribution is -2.39. The summed E-state index contributed by atoms with van der Waals surface area (Å²) in [5.74, 6) is -1.20. The van der Waals surface area contributed by atoms with E-state index < -0.39 is 26.1 Å².